The number of amides is 1. The lowest BCUT2D eigenvalue weighted by Crippen LogP contribution is -2.36. The van der Waals surface area contributed by atoms with E-state index in [2.05, 4.69) is 22.2 Å². The van der Waals surface area contributed by atoms with Crippen molar-refractivity contribution in [2.75, 3.05) is 25.9 Å². The molecule has 1 aliphatic heterocycles. The Bertz CT molecular complexity index is 624. The average molecular weight is 276 g/mol. The maximum absolute atomic E-state index is 12.3. The Morgan fingerprint density at radius 1 is 1.63 bits per heavy atom. The van der Waals surface area contributed by atoms with Crippen LogP contribution in [-0.4, -0.2) is 42.0 Å². The minimum Gasteiger partial charge on any atom is -0.397 e. The van der Waals surface area contributed by atoms with Crippen LogP contribution < -0.4 is 11.1 Å². The summed E-state index contributed by atoms with van der Waals surface area (Å²) >= 11 is 1.35. The van der Waals surface area contributed by atoms with Crippen LogP contribution in [0.15, 0.2) is 18.3 Å². The highest BCUT2D eigenvalue weighted by atomic mass is 32.1. The van der Waals surface area contributed by atoms with Crippen molar-refractivity contribution in [3.8, 4) is 0 Å². The van der Waals surface area contributed by atoms with Gasteiger partial charge in [-0.1, -0.05) is 0 Å². The lowest BCUT2D eigenvalue weighted by Gasteiger charge is -2.12. The van der Waals surface area contributed by atoms with E-state index >= 15 is 0 Å². The smallest absolute Gasteiger partial charge is 0.263 e. The number of pyridine rings is 1. The monoisotopic (exact) mass is 276 g/mol. The molecule has 0 aliphatic carbocycles. The van der Waals surface area contributed by atoms with E-state index in [0.29, 0.717) is 10.6 Å². The van der Waals surface area contributed by atoms with Gasteiger partial charge in [-0.05, 0) is 32.1 Å². The first-order valence-corrected chi connectivity index (χ1v) is 7.09. The molecule has 19 heavy (non-hydrogen) atoms. The summed E-state index contributed by atoms with van der Waals surface area (Å²) in [5, 5.41) is 3.91. The van der Waals surface area contributed by atoms with Crippen LogP contribution in [0.2, 0.25) is 0 Å². The van der Waals surface area contributed by atoms with E-state index in [1.165, 1.54) is 11.3 Å². The van der Waals surface area contributed by atoms with E-state index in [1.54, 1.807) is 6.20 Å². The van der Waals surface area contributed by atoms with Gasteiger partial charge in [0.25, 0.3) is 5.91 Å². The second-order valence-corrected chi connectivity index (χ2v) is 5.92. The first kappa shape index (κ1) is 12.4. The number of carbonyl (C=O) groups excluding carboxylic acids is 1. The number of aromatic nitrogens is 1. The molecule has 1 atom stereocenters. The van der Waals surface area contributed by atoms with Gasteiger partial charge in [0.1, 0.15) is 9.71 Å². The summed E-state index contributed by atoms with van der Waals surface area (Å²) in [5.74, 6) is -0.0826. The zero-order valence-electron chi connectivity index (χ0n) is 10.7. The highest BCUT2D eigenvalue weighted by molar-refractivity contribution is 7.21. The molecule has 1 unspecified atom stereocenters. The summed E-state index contributed by atoms with van der Waals surface area (Å²) in [4.78, 5) is 20.1. The van der Waals surface area contributed by atoms with Gasteiger partial charge in [0.2, 0.25) is 0 Å². The number of anilines is 1. The van der Waals surface area contributed by atoms with E-state index in [-0.39, 0.29) is 11.9 Å². The number of nitrogens with two attached hydrogens (primary N) is 1. The molecule has 1 fully saturated rings. The molecule has 5 nitrogen and oxygen atoms in total. The molecule has 2 aromatic rings. The minimum absolute atomic E-state index is 0.0826. The molecule has 100 valence electrons. The molecular formula is C13H16N4OS. The molecule has 1 amide bonds. The van der Waals surface area contributed by atoms with Crippen LogP contribution >= 0.6 is 11.3 Å². The SMILES string of the molecule is CN1CCC(NC(=O)c2sc3ncccc3c2N)C1. The standard InChI is InChI=1S/C13H16N4OS/c1-17-6-4-8(7-17)16-12(18)11-10(14)9-3-2-5-15-13(9)19-11/h2-3,5,8H,4,6-7,14H2,1H3,(H,16,18). The Morgan fingerprint density at radius 2 is 2.47 bits per heavy atom. The van der Waals surface area contributed by atoms with Crippen LogP contribution in [0.5, 0.6) is 0 Å². The van der Waals surface area contributed by atoms with Gasteiger partial charge in [-0.15, -0.1) is 11.3 Å². The predicted octanol–water partition coefficient (Wildman–Crippen LogP) is 1.31. The van der Waals surface area contributed by atoms with Crippen molar-refractivity contribution in [2.45, 2.75) is 12.5 Å². The molecule has 3 heterocycles. The molecule has 3 N–H and O–H groups in total. The third kappa shape index (κ3) is 2.29. The van der Waals surface area contributed by atoms with Gasteiger partial charge in [-0.3, -0.25) is 4.79 Å². The molecule has 2 aromatic heterocycles. The molecule has 6 heteroatoms. The van der Waals surface area contributed by atoms with Gasteiger partial charge in [0.05, 0.1) is 5.69 Å². The highest BCUT2D eigenvalue weighted by Crippen LogP contribution is 2.31. The Morgan fingerprint density at radius 3 is 3.16 bits per heavy atom. The summed E-state index contributed by atoms with van der Waals surface area (Å²) in [6.07, 6.45) is 2.71. The van der Waals surface area contributed by atoms with Gasteiger partial charge in [0.15, 0.2) is 0 Å². The van der Waals surface area contributed by atoms with Gasteiger partial charge in [-0.2, -0.15) is 0 Å². The van der Waals surface area contributed by atoms with Crippen molar-refractivity contribution < 1.29 is 4.79 Å². The number of thiophene rings is 1. The quantitative estimate of drug-likeness (QED) is 0.867. The summed E-state index contributed by atoms with van der Waals surface area (Å²) in [6.45, 7) is 1.92. The fourth-order valence-corrected chi connectivity index (χ4v) is 3.39. The van der Waals surface area contributed by atoms with E-state index in [4.69, 9.17) is 5.73 Å². The second-order valence-electron chi connectivity index (χ2n) is 4.92. The van der Waals surface area contributed by atoms with Crippen LogP contribution in [0, 0.1) is 0 Å². The number of nitrogen functional groups attached to an aromatic ring is 1. The zero-order chi connectivity index (χ0) is 13.4. The van der Waals surface area contributed by atoms with Crippen molar-refractivity contribution in [2.24, 2.45) is 0 Å². The van der Waals surface area contributed by atoms with E-state index in [1.807, 2.05) is 12.1 Å². The second kappa shape index (κ2) is 4.79. The lowest BCUT2D eigenvalue weighted by atomic mass is 10.2. The summed E-state index contributed by atoms with van der Waals surface area (Å²) in [5.41, 5.74) is 6.58. The van der Waals surface area contributed by atoms with Crippen molar-refractivity contribution >= 4 is 33.1 Å². The molecule has 0 aromatic carbocycles. The van der Waals surface area contributed by atoms with Crippen LogP contribution in [0.4, 0.5) is 5.69 Å². The molecule has 0 spiro atoms. The zero-order valence-corrected chi connectivity index (χ0v) is 11.5. The molecule has 1 saturated heterocycles. The summed E-state index contributed by atoms with van der Waals surface area (Å²) in [6, 6.07) is 3.95. The number of carbonyl (C=O) groups is 1. The Balaban J connectivity index is 1.83. The normalized spacial score (nSPS) is 19.9. The number of nitrogens with one attached hydrogen (secondary N) is 1. The van der Waals surface area contributed by atoms with Gasteiger partial charge < -0.3 is 16.0 Å². The fourth-order valence-electron chi connectivity index (χ4n) is 2.42. The molecule has 3 rings (SSSR count). The maximum Gasteiger partial charge on any atom is 0.263 e. The van der Waals surface area contributed by atoms with Gasteiger partial charge >= 0.3 is 0 Å². The van der Waals surface area contributed by atoms with Crippen LogP contribution in [0.1, 0.15) is 16.1 Å². The Kier molecular flexibility index (Phi) is 3.12. The van der Waals surface area contributed by atoms with Crippen molar-refractivity contribution in [1.82, 2.24) is 15.2 Å². The molecular weight excluding hydrogens is 260 g/mol. The molecule has 0 saturated carbocycles. The highest BCUT2D eigenvalue weighted by Gasteiger charge is 2.24. The van der Waals surface area contributed by atoms with Gasteiger partial charge in [-0.25, -0.2) is 4.98 Å². The maximum atomic E-state index is 12.3. The van der Waals surface area contributed by atoms with E-state index in [0.717, 1.165) is 29.7 Å². The molecule has 0 radical (unpaired) electrons. The number of hydrogen-bond acceptors (Lipinski definition) is 5. The Labute approximate surface area is 115 Å². The molecule has 1 aliphatic rings. The first-order chi connectivity index (χ1) is 9.15. The summed E-state index contributed by atoms with van der Waals surface area (Å²) < 4.78 is 0. The van der Waals surface area contributed by atoms with Gasteiger partial charge in [0, 0.05) is 24.2 Å². The largest absolute Gasteiger partial charge is 0.397 e. The summed E-state index contributed by atoms with van der Waals surface area (Å²) in [7, 11) is 2.06. The minimum atomic E-state index is -0.0826. The number of likely N-dealkylation sites (N-methyl/N-ethyl adjacent to an activating group) is 1. The van der Waals surface area contributed by atoms with Crippen LogP contribution in [0.3, 0.4) is 0 Å². The van der Waals surface area contributed by atoms with Crippen molar-refractivity contribution in [3.05, 3.63) is 23.2 Å². The number of fused-ring (bicyclic) bond motifs is 1. The third-order valence-electron chi connectivity index (χ3n) is 3.44. The first-order valence-electron chi connectivity index (χ1n) is 6.27. The fraction of sp³-hybridized carbons (Fsp3) is 0.385. The van der Waals surface area contributed by atoms with Crippen LogP contribution in [0.25, 0.3) is 10.2 Å². The van der Waals surface area contributed by atoms with Crippen LogP contribution in [-0.2, 0) is 0 Å². The topological polar surface area (TPSA) is 71.2 Å². The van der Waals surface area contributed by atoms with Crippen molar-refractivity contribution in [1.29, 1.82) is 0 Å². The average Bonchev–Trinajstić information content (AvgIpc) is 2.94. The van der Waals surface area contributed by atoms with Crippen molar-refractivity contribution in [3.63, 3.8) is 0 Å². The number of hydrogen-bond donors (Lipinski definition) is 2. The predicted molar refractivity (Wildman–Crippen MR) is 77.4 cm³/mol. The Hall–Kier alpha value is -1.66. The van der Waals surface area contributed by atoms with E-state index < -0.39 is 0 Å². The number of rotatable bonds is 2. The number of nitrogens with zero attached hydrogens (tertiary/aromatic N) is 2. The van der Waals surface area contributed by atoms with E-state index in [9.17, 15) is 4.79 Å². The third-order valence-corrected chi connectivity index (χ3v) is 4.57. The number of likely N-dealkylation sites (tertiary alicyclic amines) is 1. The molecule has 0 bridgehead atoms. The lowest BCUT2D eigenvalue weighted by molar-refractivity contribution is 0.0943.